The van der Waals surface area contributed by atoms with E-state index in [1.165, 1.54) is 21.9 Å². The number of carbonyl (C=O) groups is 3. The van der Waals surface area contributed by atoms with E-state index in [-0.39, 0.29) is 24.3 Å². The van der Waals surface area contributed by atoms with Gasteiger partial charge < -0.3 is 20.9 Å². The Balaban J connectivity index is 1.48. The number of benzene rings is 1. The summed E-state index contributed by atoms with van der Waals surface area (Å²) in [5, 5.41) is 3.32. The van der Waals surface area contributed by atoms with Crippen LogP contribution in [0.5, 0.6) is 0 Å². The van der Waals surface area contributed by atoms with E-state index >= 15 is 0 Å². The summed E-state index contributed by atoms with van der Waals surface area (Å²) in [6.07, 6.45) is 3.04. The number of nitrogens with one attached hydrogen (secondary N) is 1. The molecule has 1 aromatic heterocycles. The molecule has 10 nitrogen and oxygen atoms in total. The molecule has 32 heavy (non-hydrogen) atoms. The third-order valence-electron chi connectivity index (χ3n) is 5.59. The fraction of sp³-hybridized carbons (Fsp3) is 0.381. The third kappa shape index (κ3) is 4.91. The standard InChI is InChI=1S/C21H23ClN6O4/c22-14-3-4-15(17(9-14)25-20(31)13-1-2-13)16-10-18(29)28(12-24-16)11-19(30)26-5-7-27(8-6-26)21(23)32/h3-4,9-10,12-13H,1-2,5-8,11H2,(H2,23,32)(H,25,31). The van der Waals surface area contributed by atoms with E-state index in [0.717, 1.165) is 12.8 Å². The van der Waals surface area contributed by atoms with Crippen LogP contribution >= 0.6 is 11.6 Å². The number of urea groups is 1. The van der Waals surface area contributed by atoms with Crippen molar-refractivity contribution < 1.29 is 14.4 Å². The van der Waals surface area contributed by atoms with Crippen LogP contribution in [0, 0.1) is 5.92 Å². The third-order valence-corrected chi connectivity index (χ3v) is 5.83. The normalized spacial score (nSPS) is 16.0. The highest BCUT2D eigenvalue weighted by Crippen LogP contribution is 2.33. The molecule has 0 spiro atoms. The first kappa shape index (κ1) is 21.8. The lowest BCUT2D eigenvalue weighted by Gasteiger charge is -2.33. The van der Waals surface area contributed by atoms with Crippen LogP contribution in [-0.4, -0.2) is 63.4 Å². The van der Waals surface area contributed by atoms with Crippen LogP contribution in [0.3, 0.4) is 0 Å². The van der Waals surface area contributed by atoms with Gasteiger partial charge in [0.2, 0.25) is 11.8 Å². The fourth-order valence-electron chi connectivity index (χ4n) is 3.54. The minimum Gasteiger partial charge on any atom is -0.351 e. The van der Waals surface area contributed by atoms with Crippen LogP contribution in [0.15, 0.2) is 35.4 Å². The number of anilines is 1. The number of halogens is 1. The van der Waals surface area contributed by atoms with E-state index in [1.54, 1.807) is 23.1 Å². The van der Waals surface area contributed by atoms with E-state index < -0.39 is 11.6 Å². The molecule has 1 saturated carbocycles. The van der Waals surface area contributed by atoms with Gasteiger partial charge in [-0.05, 0) is 31.0 Å². The number of aromatic nitrogens is 2. The summed E-state index contributed by atoms with van der Waals surface area (Å²) in [6.45, 7) is 1.28. The van der Waals surface area contributed by atoms with E-state index in [9.17, 15) is 19.2 Å². The number of nitrogens with two attached hydrogens (primary N) is 1. The molecule has 0 atom stereocenters. The van der Waals surface area contributed by atoms with Crippen molar-refractivity contribution in [2.24, 2.45) is 11.7 Å². The summed E-state index contributed by atoms with van der Waals surface area (Å²) in [6, 6.07) is 5.79. The van der Waals surface area contributed by atoms with Crippen LogP contribution in [0.25, 0.3) is 11.3 Å². The molecule has 4 amide bonds. The number of primary amides is 1. The van der Waals surface area contributed by atoms with Gasteiger partial charge in [0.05, 0.1) is 17.7 Å². The zero-order valence-electron chi connectivity index (χ0n) is 17.3. The van der Waals surface area contributed by atoms with Crippen molar-refractivity contribution in [2.45, 2.75) is 19.4 Å². The number of hydrogen-bond donors (Lipinski definition) is 2. The highest BCUT2D eigenvalue weighted by Gasteiger charge is 2.30. The van der Waals surface area contributed by atoms with Gasteiger partial charge in [0.1, 0.15) is 6.54 Å². The smallest absolute Gasteiger partial charge is 0.314 e. The van der Waals surface area contributed by atoms with E-state index in [2.05, 4.69) is 10.3 Å². The first-order valence-corrected chi connectivity index (χ1v) is 10.7. The molecular formula is C21H23ClN6O4. The van der Waals surface area contributed by atoms with Crippen molar-refractivity contribution in [2.75, 3.05) is 31.5 Å². The van der Waals surface area contributed by atoms with Crippen molar-refractivity contribution in [1.82, 2.24) is 19.4 Å². The van der Waals surface area contributed by atoms with Crippen molar-refractivity contribution in [3.05, 3.63) is 46.0 Å². The number of piperazine rings is 1. The Morgan fingerprint density at radius 1 is 1.09 bits per heavy atom. The Bertz CT molecular complexity index is 1120. The van der Waals surface area contributed by atoms with Crippen molar-refractivity contribution >= 4 is 35.1 Å². The fourth-order valence-corrected chi connectivity index (χ4v) is 3.71. The van der Waals surface area contributed by atoms with Crippen molar-refractivity contribution in [3.63, 3.8) is 0 Å². The molecule has 3 N–H and O–H groups in total. The average Bonchev–Trinajstić information content (AvgIpc) is 3.61. The first-order valence-electron chi connectivity index (χ1n) is 10.3. The SMILES string of the molecule is NC(=O)N1CCN(C(=O)Cn2cnc(-c3ccc(Cl)cc3NC(=O)C3CC3)cc2=O)CC1. The molecule has 2 aliphatic rings. The number of nitrogens with zero attached hydrogens (tertiary/aromatic N) is 4. The average molecular weight is 459 g/mol. The summed E-state index contributed by atoms with van der Waals surface area (Å²) in [4.78, 5) is 56.0. The number of amides is 4. The molecule has 1 aliphatic heterocycles. The van der Waals surface area contributed by atoms with Gasteiger partial charge in [0.15, 0.2) is 0 Å². The maximum Gasteiger partial charge on any atom is 0.314 e. The highest BCUT2D eigenvalue weighted by molar-refractivity contribution is 6.31. The number of rotatable bonds is 5. The number of carbonyl (C=O) groups excluding carboxylic acids is 3. The molecule has 1 aliphatic carbocycles. The molecule has 1 aromatic carbocycles. The van der Waals surface area contributed by atoms with E-state index in [0.29, 0.717) is 48.1 Å². The zero-order valence-corrected chi connectivity index (χ0v) is 18.0. The topological polar surface area (TPSA) is 131 Å². The van der Waals surface area contributed by atoms with Gasteiger partial charge >= 0.3 is 6.03 Å². The van der Waals surface area contributed by atoms with Gasteiger partial charge in [0.25, 0.3) is 5.56 Å². The van der Waals surface area contributed by atoms with Gasteiger partial charge in [-0.2, -0.15) is 0 Å². The zero-order chi connectivity index (χ0) is 22.8. The molecule has 2 aromatic rings. The summed E-state index contributed by atoms with van der Waals surface area (Å²) < 4.78 is 1.23. The summed E-state index contributed by atoms with van der Waals surface area (Å²) in [5.41, 5.74) is 6.29. The van der Waals surface area contributed by atoms with E-state index in [1.807, 2.05) is 0 Å². The molecule has 11 heteroatoms. The maximum atomic E-state index is 12.7. The quantitative estimate of drug-likeness (QED) is 0.693. The lowest BCUT2D eigenvalue weighted by atomic mass is 10.1. The Morgan fingerprint density at radius 3 is 2.41 bits per heavy atom. The maximum absolute atomic E-state index is 12.7. The molecule has 1 saturated heterocycles. The lowest BCUT2D eigenvalue weighted by molar-refractivity contribution is -0.133. The number of hydrogen-bond acceptors (Lipinski definition) is 5. The predicted molar refractivity (Wildman–Crippen MR) is 118 cm³/mol. The Morgan fingerprint density at radius 2 is 1.78 bits per heavy atom. The predicted octanol–water partition coefficient (Wildman–Crippen LogP) is 1.14. The van der Waals surface area contributed by atoms with Gasteiger partial charge in [0, 0.05) is 48.7 Å². The molecule has 2 fully saturated rings. The Hall–Kier alpha value is -3.40. The second-order valence-corrected chi connectivity index (χ2v) is 8.34. The van der Waals surface area contributed by atoms with E-state index in [4.69, 9.17) is 17.3 Å². The van der Waals surface area contributed by atoms with Crippen molar-refractivity contribution in [3.8, 4) is 11.3 Å². The van der Waals surface area contributed by atoms with Crippen LogP contribution < -0.4 is 16.6 Å². The Kier molecular flexibility index (Phi) is 6.13. The largest absolute Gasteiger partial charge is 0.351 e. The summed E-state index contributed by atoms with van der Waals surface area (Å²) >= 11 is 6.09. The van der Waals surface area contributed by atoms with Gasteiger partial charge in [-0.1, -0.05) is 11.6 Å². The molecule has 168 valence electrons. The molecule has 0 radical (unpaired) electrons. The minimum absolute atomic E-state index is 0.0126. The molecular weight excluding hydrogens is 436 g/mol. The lowest BCUT2D eigenvalue weighted by Crippen LogP contribution is -2.52. The molecule has 0 bridgehead atoms. The van der Waals surface area contributed by atoms with Gasteiger partial charge in [-0.15, -0.1) is 0 Å². The molecule has 2 heterocycles. The first-order chi connectivity index (χ1) is 15.3. The minimum atomic E-state index is -0.511. The van der Waals surface area contributed by atoms with Gasteiger partial charge in [-0.25, -0.2) is 9.78 Å². The molecule has 0 unspecified atom stereocenters. The second-order valence-electron chi connectivity index (χ2n) is 7.90. The second kappa shape index (κ2) is 8.99. The van der Waals surface area contributed by atoms with Crippen LogP contribution in [-0.2, 0) is 16.1 Å². The highest BCUT2D eigenvalue weighted by atomic mass is 35.5. The van der Waals surface area contributed by atoms with Crippen LogP contribution in [0.2, 0.25) is 5.02 Å². The van der Waals surface area contributed by atoms with Crippen LogP contribution in [0.1, 0.15) is 12.8 Å². The molecule has 4 rings (SSSR count). The van der Waals surface area contributed by atoms with Crippen molar-refractivity contribution in [1.29, 1.82) is 0 Å². The summed E-state index contributed by atoms with van der Waals surface area (Å²) in [5.74, 6) is -0.308. The monoisotopic (exact) mass is 458 g/mol. The Labute approximate surface area is 188 Å². The summed E-state index contributed by atoms with van der Waals surface area (Å²) in [7, 11) is 0. The van der Waals surface area contributed by atoms with Gasteiger partial charge in [-0.3, -0.25) is 19.0 Å². The van der Waals surface area contributed by atoms with Crippen LogP contribution in [0.4, 0.5) is 10.5 Å².